The van der Waals surface area contributed by atoms with E-state index in [-0.39, 0.29) is 11.8 Å². The fourth-order valence-corrected chi connectivity index (χ4v) is 1.79. The molecule has 0 aliphatic heterocycles. The van der Waals surface area contributed by atoms with E-state index >= 15 is 0 Å². The molecule has 0 spiro atoms. The average molecular weight is 260 g/mol. The van der Waals surface area contributed by atoms with E-state index in [2.05, 4.69) is 11.4 Å². The van der Waals surface area contributed by atoms with Crippen LogP contribution in [0.5, 0.6) is 0 Å². The summed E-state index contributed by atoms with van der Waals surface area (Å²) in [6.45, 7) is 3.11. The van der Waals surface area contributed by atoms with Crippen LogP contribution in [0.4, 0.5) is 0 Å². The van der Waals surface area contributed by atoms with Gasteiger partial charge in [-0.3, -0.25) is 4.79 Å². The highest BCUT2D eigenvalue weighted by Crippen LogP contribution is 2.08. The van der Waals surface area contributed by atoms with Crippen molar-refractivity contribution in [2.24, 2.45) is 11.8 Å². The minimum absolute atomic E-state index is 0.214. The number of benzene rings is 1. The molecule has 1 aromatic carbocycles. The molecule has 0 heterocycles. The Hall–Kier alpha value is -1.86. The van der Waals surface area contributed by atoms with Crippen molar-refractivity contribution in [2.75, 3.05) is 20.3 Å². The van der Waals surface area contributed by atoms with Crippen molar-refractivity contribution in [1.82, 2.24) is 5.32 Å². The summed E-state index contributed by atoms with van der Waals surface area (Å²) in [6.07, 6.45) is 0.446. The largest absolute Gasteiger partial charge is 0.384 e. The molecular formula is C15H20N2O2. The third-order valence-corrected chi connectivity index (χ3v) is 2.83. The zero-order chi connectivity index (χ0) is 14.1. The van der Waals surface area contributed by atoms with Gasteiger partial charge in [0.1, 0.15) is 5.92 Å². The Kier molecular flexibility index (Phi) is 6.62. The highest BCUT2D eigenvalue weighted by Gasteiger charge is 2.18. The van der Waals surface area contributed by atoms with Gasteiger partial charge in [-0.15, -0.1) is 0 Å². The first kappa shape index (κ1) is 15.2. The third-order valence-electron chi connectivity index (χ3n) is 2.83. The quantitative estimate of drug-likeness (QED) is 0.812. The summed E-state index contributed by atoms with van der Waals surface area (Å²) >= 11 is 0. The van der Waals surface area contributed by atoms with E-state index in [9.17, 15) is 4.79 Å². The van der Waals surface area contributed by atoms with Crippen molar-refractivity contribution in [1.29, 1.82) is 5.26 Å². The lowest BCUT2D eigenvalue weighted by atomic mass is 10.00. The Morgan fingerprint density at radius 3 is 2.68 bits per heavy atom. The monoisotopic (exact) mass is 260 g/mol. The van der Waals surface area contributed by atoms with Crippen LogP contribution in [0.2, 0.25) is 0 Å². The SMILES string of the molecule is COCC(C)CNC(=O)C(C#N)Cc1ccccc1. The number of carbonyl (C=O) groups excluding carboxylic acids is 1. The van der Waals surface area contributed by atoms with Crippen LogP contribution in [-0.4, -0.2) is 26.2 Å². The van der Waals surface area contributed by atoms with Crippen molar-refractivity contribution in [2.45, 2.75) is 13.3 Å². The van der Waals surface area contributed by atoms with Crippen LogP contribution in [0.3, 0.4) is 0 Å². The van der Waals surface area contributed by atoms with Crippen LogP contribution in [0, 0.1) is 23.2 Å². The molecule has 0 radical (unpaired) electrons. The molecule has 0 saturated carbocycles. The smallest absolute Gasteiger partial charge is 0.237 e. The number of carbonyl (C=O) groups is 1. The van der Waals surface area contributed by atoms with E-state index in [0.717, 1.165) is 5.56 Å². The number of hydrogen-bond acceptors (Lipinski definition) is 3. The minimum Gasteiger partial charge on any atom is -0.384 e. The molecule has 0 aliphatic carbocycles. The average Bonchev–Trinajstić information content (AvgIpc) is 2.43. The fourth-order valence-electron chi connectivity index (χ4n) is 1.79. The zero-order valence-corrected chi connectivity index (χ0v) is 11.4. The van der Waals surface area contributed by atoms with Crippen LogP contribution in [0.15, 0.2) is 30.3 Å². The number of ether oxygens (including phenoxy) is 1. The second-order valence-electron chi connectivity index (χ2n) is 4.68. The van der Waals surface area contributed by atoms with Gasteiger partial charge in [0.15, 0.2) is 0 Å². The van der Waals surface area contributed by atoms with Crippen molar-refractivity contribution >= 4 is 5.91 Å². The highest BCUT2D eigenvalue weighted by molar-refractivity contribution is 5.81. The van der Waals surface area contributed by atoms with Gasteiger partial charge in [0.05, 0.1) is 12.7 Å². The Morgan fingerprint density at radius 2 is 2.11 bits per heavy atom. The molecule has 0 aliphatic rings. The van der Waals surface area contributed by atoms with Crippen LogP contribution < -0.4 is 5.32 Å². The standard InChI is InChI=1S/C15H20N2O2/c1-12(11-19-2)10-17-15(18)14(9-16)8-13-6-4-3-5-7-13/h3-7,12,14H,8,10-11H2,1-2H3,(H,17,18). The first-order valence-electron chi connectivity index (χ1n) is 6.37. The van der Waals surface area contributed by atoms with Crippen LogP contribution >= 0.6 is 0 Å². The molecule has 2 unspecified atom stereocenters. The maximum absolute atomic E-state index is 11.9. The number of methoxy groups -OCH3 is 1. The van der Waals surface area contributed by atoms with Gasteiger partial charge in [-0.25, -0.2) is 0 Å². The molecule has 1 N–H and O–H groups in total. The van der Waals surface area contributed by atoms with Gasteiger partial charge in [-0.2, -0.15) is 5.26 Å². The Balaban J connectivity index is 2.47. The molecule has 0 saturated heterocycles. The summed E-state index contributed by atoms with van der Waals surface area (Å²) in [5.74, 6) is -0.614. The molecule has 4 nitrogen and oxygen atoms in total. The lowest BCUT2D eigenvalue weighted by molar-refractivity contribution is -0.123. The first-order chi connectivity index (χ1) is 9.17. The van der Waals surface area contributed by atoms with E-state index in [4.69, 9.17) is 10.00 Å². The lowest BCUT2D eigenvalue weighted by Gasteiger charge is -2.14. The van der Waals surface area contributed by atoms with Gasteiger partial charge < -0.3 is 10.1 Å². The second kappa shape index (κ2) is 8.28. The second-order valence-corrected chi connectivity index (χ2v) is 4.68. The minimum atomic E-state index is -0.642. The highest BCUT2D eigenvalue weighted by atomic mass is 16.5. The summed E-state index contributed by atoms with van der Waals surface area (Å²) in [5, 5.41) is 11.9. The van der Waals surface area contributed by atoms with Crippen LogP contribution in [0.1, 0.15) is 12.5 Å². The van der Waals surface area contributed by atoms with E-state index in [0.29, 0.717) is 19.6 Å². The Bertz CT molecular complexity index is 426. The van der Waals surface area contributed by atoms with Gasteiger partial charge in [-0.1, -0.05) is 37.3 Å². The molecule has 0 bridgehead atoms. The zero-order valence-electron chi connectivity index (χ0n) is 11.4. The molecule has 2 atom stereocenters. The summed E-state index contributed by atoms with van der Waals surface area (Å²) in [4.78, 5) is 11.9. The molecule has 1 aromatic rings. The summed E-state index contributed by atoms with van der Waals surface area (Å²) in [5.41, 5.74) is 0.995. The number of nitrogens with zero attached hydrogens (tertiary/aromatic N) is 1. The number of nitrogens with one attached hydrogen (secondary N) is 1. The molecular weight excluding hydrogens is 240 g/mol. The van der Waals surface area contributed by atoms with Crippen molar-refractivity contribution in [3.8, 4) is 6.07 Å². The molecule has 4 heteroatoms. The van der Waals surface area contributed by atoms with E-state index in [1.54, 1.807) is 7.11 Å². The van der Waals surface area contributed by atoms with E-state index in [1.807, 2.05) is 37.3 Å². The van der Waals surface area contributed by atoms with Crippen molar-refractivity contribution < 1.29 is 9.53 Å². The Morgan fingerprint density at radius 1 is 1.42 bits per heavy atom. The van der Waals surface area contributed by atoms with Gasteiger partial charge >= 0.3 is 0 Å². The number of hydrogen-bond donors (Lipinski definition) is 1. The van der Waals surface area contributed by atoms with Crippen LogP contribution in [0.25, 0.3) is 0 Å². The molecule has 102 valence electrons. The summed E-state index contributed by atoms with van der Waals surface area (Å²) in [7, 11) is 1.63. The topological polar surface area (TPSA) is 62.1 Å². The van der Waals surface area contributed by atoms with Gasteiger partial charge in [0, 0.05) is 13.7 Å². The molecule has 0 fully saturated rings. The number of rotatable bonds is 7. The van der Waals surface area contributed by atoms with Crippen molar-refractivity contribution in [3.05, 3.63) is 35.9 Å². The predicted molar refractivity (Wildman–Crippen MR) is 73.3 cm³/mol. The maximum atomic E-state index is 11.9. The summed E-state index contributed by atoms with van der Waals surface area (Å²) in [6, 6.07) is 11.6. The normalized spacial score (nSPS) is 13.3. The molecule has 0 aromatic heterocycles. The Labute approximate surface area is 114 Å². The van der Waals surface area contributed by atoms with Crippen molar-refractivity contribution in [3.63, 3.8) is 0 Å². The third kappa shape index (κ3) is 5.54. The molecule has 1 amide bonds. The van der Waals surface area contributed by atoms with E-state index in [1.165, 1.54) is 0 Å². The summed E-state index contributed by atoms with van der Waals surface area (Å²) < 4.78 is 5.00. The van der Waals surface area contributed by atoms with Gasteiger partial charge in [0.25, 0.3) is 0 Å². The van der Waals surface area contributed by atoms with E-state index < -0.39 is 5.92 Å². The van der Waals surface area contributed by atoms with Gasteiger partial charge in [0.2, 0.25) is 5.91 Å². The fraction of sp³-hybridized carbons (Fsp3) is 0.467. The predicted octanol–water partition coefficient (Wildman–Crippen LogP) is 1.77. The molecule has 19 heavy (non-hydrogen) atoms. The number of amides is 1. The molecule has 1 rings (SSSR count). The van der Waals surface area contributed by atoms with Crippen LogP contribution in [-0.2, 0) is 16.0 Å². The number of nitriles is 1. The first-order valence-corrected chi connectivity index (χ1v) is 6.37. The maximum Gasteiger partial charge on any atom is 0.237 e. The lowest BCUT2D eigenvalue weighted by Crippen LogP contribution is -2.35. The van der Waals surface area contributed by atoms with Gasteiger partial charge in [-0.05, 0) is 17.9 Å².